The molecule has 17 heavy (non-hydrogen) atoms. The standard InChI is InChI=1S/C12H15F2NOS/c1-12(2,11(15)17)5-6-16-10-4-3-8(13)7-9(10)14/h3-4,7H,5-6H2,1-2H3,(H2,15,17). The molecule has 94 valence electrons. The molecule has 0 aliphatic carbocycles. The lowest BCUT2D eigenvalue weighted by molar-refractivity contribution is 0.259. The lowest BCUT2D eigenvalue weighted by Gasteiger charge is -2.22. The first-order valence-corrected chi connectivity index (χ1v) is 5.61. The minimum Gasteiger partial charge on any atom is -0.490 e. The van der Waals surface area contributed by atoms with Gasteiger partial charge in [0.1, 0.15) is 5.82 Å². The largest absolute Gasteiger partial charge is 0.490 e. The van der Waals surface area contributed by atoms with Gasteiger partial charge >= 0.3 is 0 Å². The minimum absolute atomic E-state index is 0.0325. The van der Waals surface area contributed by atoms with E-state index in [1.807, 2.05) is 13.8 Å². The second kappa shape index (κ2) is 5.40. The molecule has 1 rings (SSSR count). The molecule has 0 saturated heterocycles. The fourth-order valence-corrected chi connectivity index (χ4v) is 1.23. The van der Waals surface area contributed by atoms with Gasteiger partial charge in [0.25, 0.3) is 0 Å². The molecule has 5 heteroatoms. The highest BCUT2D eigenvalue weighted by atomic mass is 32.1. The molecule has 0 saturated carbocycles. The summed E-state index contributed by atoms with van der Waals surface area (Å²) in [4.78, 5) is 0.390. The maximum atomic E-state index is 13.2. The molecule has 0 radical (unpaired) electrons. The molecule has 0 heterocycles. The van der Waals surface area contributed by atoms with E-state index in [-0.39, 0.29) is 17.8 Å². The number of rotatable bonds is 5. The molecular weight excluding hydrogens is 244 g/mol. The van der Waals surface area contributed by atoms with E-state index in [1.165, 1.54) is 6.07 Å². The van der Waals surface area contributed by atoms with E-state index in [4.69, 9.17) is 22.7 Å². The predicted octanol–water partition coefficient (Wildman–Crippen LogP) is 3.05. The van der Waals surface area contributed by atoms with Crippen LogP contribution in [0, 0.1) is 17.0 Å². The third-order valence-electron chi connectivity index (χ3n) is 2.55. The Morgan fingerprint density at radius 3 is 2.59 bits per heavy atom. The van der Waals surface area contributed by atoms with Crippen LogP contribution in [0.5, 0.6) is 5.75 Å². The van der Waals surface area contributed by atoms with E-state index in [1.54, 1.807) is 0 Å². The highest BCUT2D eigenvalue weighted by molar-refractivity contribution is 7.80. The first-order valence-electron chi connectivity index (χ1n) is 5.21. The molecule has 0 aliphatic heterocycles. The number of halogens is 2. The third kappa shape index (κ3) is 3.93. The van der Waals surface area contributed by atoms with Crippen LogP contribution in [0.25, 0.3) is 0 Å². The second-order valence-electron chi connectivity index (χ2n) is 4.42. The Balaban J connectivity index is 2.54. The van der Waals surface area contributed by atoms with Crippen molar-refractivity contribution in [2.75, 3.05) is 6.61 Å². The van der Waals surface area contributed by atoms with Gasteiger partial charge in [-0.05, 0) is 18.6 Å². The van der Waals surface area contributed by atoms with Gasteiger partial charge in [-0.15, -0.1) is 0 Å². The summed E-state index contributed by atoms with van der Waals surface area (Å²) in [6.45, 7) is 4.05. The summed E-state index contributed by atoms with van der Waals surface area (Å²) in [5, 5.41) is 0. The van der Waals surface area contributed by atoms with Crippen molar-refractivity contribution in [1.29, 1.82) is 0 Å². The summed E-state index contributed by atoms with van der Waals surface area (Å²) < 4.78 is 31.1. The van der Waals surface area contributed by atoms with E-state index in [0.717, 1.165) is 12.1 Å². The predicted molar refractivity (Wildman–Crippen MR) is 67.0 cm³/mol. The number of ether oxygens (including phenoxy) is 1. The molecule has 0 atom stereocenters. The Morgan fingerprint density at radius 2 is 2.06 bits per heavy atom. The number of hydrogen-bond acceptors (Lipinski definition) is 2. The van der Waals surface area contributed by atoms with Crippen LogP contribution in [0.1, 0.15) is 20.3 Å². The SMILES string of the molecule is CC(C)(CCOc1ccc(F)cc1F)C(N)=S. The topological polar surface area (TPSA) is 35.2 Å². The normalized spacial score (nSPS) is 11.3. The number of benzene rings is 1. The average Bonchev–Trinajstić information content (AvgIpc) is 2.21. The van der Waals surface area contributed by atoms with Crippen molar-refractivity contribution in [3.8, 4) is 5.75 Å². The maximum absolute atomic E-state index is 13.2. The minimum atomic E-state index is -0.710. The molecule has 1 aromatic rings. The van der Waals surface area contributed by atoms with Gasteiger partial charge in [-0.1, -0.05) is 26.1 Å². The highest BCUT2D eigenvalue weighted by Gasteiger charge is 2.21. The van der Waals surface area contributed by atoms with Crippen molar-refractivity contribution in [2.45, 2.75) is 20.3 Å². The Morgan fingerprint density at radius 1 is 1.41 bits per heavy atom. The molecule has 0 fully saturated rings. The summed E-state index contributed by atoms with van der Waals surface area (Å²) in [7, 11) is 0. The van der Waals surface area contributed by atoms with E-state index >= 15 is 0 Å². The number of nitrogens with two attached hydrogens (primary N) is 1. The molecule has 0 amide bonds. The van der Waals surface area contributed by atoms with Crippen molar-refractivity contribution >= 4 is 17.2 Å². The third-order valence-corrected chi connectivity index (χ3v) is 3.10. The molecule has 0 unspecified atom stereocenters. The molecule has 0 spiro atoms. The van der Waals surface area contributed by atoms with Crippen molar-refractivity contribution in [3.05, 3.63) is 29.8 Å². The van der Waals surface area contributed by atoms with Gasteiger partial charge in [0.15, 0.2) is 11.6 Å². The summed E-state index contributed by atoms with van der Waals surface area (Å²) in [5.41, 5.74) is 5.21. The zero-order chi connectivity index (χ0) is 13.1. The first-order chi connectivity index (χ1) is 7.83. The van der Waals surface area contributed by atoms with E-state index in [9.17, 15) is 8.78 Å². The van der Waals surface area contributed by atoms with Crippen LogP contribution in [0.4, 0.5) is 8.78 Å². The quantitative estimate of drug-likeness (QED) is 0.825. The van der Waals surface area contributed by atoms with Crippen molar-refractivity contribution < 1.29 is 13.5 Å². The van der Waals surface area contributed by atoms with Crippen LogP contribution in [-0.2, 0) is 0 Å². The van der Waals surface area contributed by atoms with Gasteiger partial charge in [-0.2, -0.15) is 0 Å². The van der Waals surface area contributed by atoms with Crippen LogP contribution >= 0.6 is 12.2 Å². The Hall–Kier alpha value is -1.23. The summed E-state index contributed by atoms with van der Waals surface area (Å²) in [5.74, 6) is -1.30. The molecule has 2 N–H and O–H groups in total. The van der Waals surface area contributed by atoms with Crippen LogP contribution < -0.4 is 10.5 Å². The lowest BCUT2D eigenvalue weighted by atomic mass is 9.90. The Bertz CT molecular complexity index is 421. The van der Waals surface area contributed by atoms with Crippen LogP contribution in [0.2, 0.25) is 0 Å². The Labute approximate surface area is 105 Å². The number of hydrogen-bond donors (Lipinski definition) is 1. The van der Waals surface area contributed by atoms with Gasteiger partial charge in [0.2, 0.25) is 0 Å². The zero-order valence-electron chi connectivity index (χ0n) is 9.80. The molecule has 2 nitrogen and oxygen atoms in total. The van der Waals surface area contributed by atoms with Gasteiger partial charge in [0.05, 0.1) is 11.6 Å². The van der Waals surface area contributed by atoms with Gasteiger partial charge < -0.3 is 10.5 Å². The summed E-state index contributed by atoms with van der Waals surface area (Å²) >= 11 is 4.90. The van der Waals surface area contributed by atoms with Crippen molar-refractivity contribution in [3.63, 3.8) is 0 Å². The first kappa shape index (κ1) is 13.8. The van der Waals surface area contributed by atoms with Crippen LogP contribution in [0.15, 0.2) is 18.2 Å². The monoisotopic (exact) mass is 259 g/mol. The van der Waals surface area contributed by atoms with Gasteiger partial charge in [-0.3, -0.25) is 0 Å². The second-order valence-corrected chi connectivity index (χ2v) is 4.86. The average molecular weight is 259 g/mol. The summed E-state index contributed by atoms with van der Waals surface area (Å²) in [6.07, 6.45) is 0.569. The fraction of sp³-hybridized carbons (Fsp3) is 0.417. The smallest absolute Gasteiger partial charge is 0.167 e. The molecule has 0 aliphatic rings. The van der Waals surface area contributed by atoms with Gasteiger partial charge in [0, 0.05) is 11.5 Å². The molecule has 0 aromatic heterocycles. The van der Waals surface area contributed by atoms with Gasteiger partial charge in [-0.25, -0.2) is 8.78 Å². The van der Waals surface area contributed by atoms with Crippen LogP contribution in [-0.4, -0.2) is 11.6 Å². The lowest BCUT2D eigenvalue weighted by Crippen LogP contribution is -2.31. The van der Waals surface area contributed by atoms with E-state index < -0.39 is 11.6 Å². The van der Waals surface area contributed by atoms with Crippen LogP contribution in [0.3, 0.4) is 0 Å². The fourth-order valence-electron chi connectivity index (χ4n) is 1.13. The van der Waals surface area contributed by atoms with Crippen molar-refractivity contribution in [2.24, 2.45) is 11.1 Å². The molecular formula is C12H15F2NOS. The Kier molecular flexibility index (Phi) is 4.40. The maximum Gasteiger partial charge on any atom is 0.167 e. The molecule has 1 aromatic carbocycles. The van der Waals surface area contributed by atoms with Crippen molar-refractivity contribution in [1.82, 2.24) is 0 Å². The molecule has 0 bridgehead atoms. The number of thiocarbonyl (C=S) groups is 1. The summed E-state index contributed by atoms with van der Waals surface area (Å²) in [6, 6.07) is 3.20. The zero-order valence-corrected chi connectivity index (χ0v) is 10.6. The highest BCUT2D eigenvalue weighted by Crippen LogP contribution is 2.23. The van der Waals surface area contributed by atoms with E-state index in [2.05, 4.69) is 0 Å². The van der Waals surface area contributed by atoms with E-state index in [0.29, 0.717) is 11.4 Å².